The first-order valence-electron chi connectivity index (χ1n) is 7.37. The molecule has 0 aliphatic carbocycles. The molecule has 0 saturated carbocycles. The molecule has 0 saturated heterocycles. The smallest absolute Gasteiger partial charge is 0.152 e. The van der Waals surface area contributed by atoms with Gasteiger partial charge in [-0.1, -0.05) is 30.3 Å². The minimum absolute atomic E-state index is 0.284. The summed E-state index contributed by atoms with van der Waals surface area (Å²) in [4.78, 5) is 18.3. The van der Waals surface area contributed by atoms with E-state index in [9.17, 15) is 9.18 Å². The monoisotopic (exact) mass is 309 g/mol. The van der Waals surface area contributed by atoms with Gasteiger partial charge in [0.15, 0.2) is 5.82 Å². The van der Waals surface area contributed by atoms with Crippen molar-refractivity contribution in [1.82, 2.24) is 9.97 Å². The highest BCUT2D eigenvalue weighted by Crippen LogP contribution is 2.29. The fourth-order valence-electron chi connectivity index (χ4n) is 2.31. The van der Waals surface area contributed by atoms with Crippen molar-refractivity contribution in [1.29, 1.82) is 0 Å². The van der Waals surface area contributed by atoms with Crippen LogP contribution in [0.2, 0.25) is 0 Å². The van der Waals surface area contributed by atoms with Gasteiger partial charge in [-0.15, -0.1) is 0 Å². The molecule has 0 bridgehead atoms. The molecule has 2 aromatic carbocycles. The summed E-state index contributed by atoms with van der Waals surface area (Å²) in [7, 11) is 0. The molecule has 23 heavy (non-hydrogen) atoms. The number of rotatable bonds is 6. The Balaban J connectivity index is 1.99. The summed E-state index contributed by atoms with van der Waals surface area (Å²) in [5.74, 6) is 1.04. The summed E-state index contributed by atoms with van der Waals surface area (Å²) in [5, 5.41) is 3.17. The normalized spacial score (nSPS) is 10.5. The van der Waals surface area contributed by atoms with E-state index in [1.807, 2.05) is 30.3 Å². The van der Waals surface area contributed by atoms with Crippen molar-refractivity contribution in [2.75, 3.05) is 11.9 Å². The first-order valence-corrected chi connectivity index (χ1v) is 7.37. The van der Waals surface area contributed by atoms with Crippen LogP contribution in [0.5, 0.6) is 0 Å². The molecule has 0 aliphatic heterocycles. The summed E-state index contributed by atoms with van der Waals surface area (Å²) in [5.41, 5.74) is 2.63. The van der Waals surface area contributed by atoms with Gasteiger partial charge < -0.3 is 15.1 Å². The van der Waals surface area contributed by atoms with Gasteiger partial charge in [0.25, 0.3) is 0 Å². The maximum Gasteiger partial charge on any atom is 0.152 e. The number of nitrogens with zero attached hydrogens (tertiary/aromatic N) is 1. The number of anilines is 1. The fourth-order valence-corrected chi connectivity index (χ4v) is 2.31. The number of aromatic amines is 1. The Morgan fingerprint density at radius 3 is 2.48 bits per heavy atom. The molecule has 0 atom stereocenters. The first kappa shape index (κ1) is 15.0. The zero-order valence-electron chi connectivity index (χ0n) is 12.4. The van der Waals surface area contributed by atoms with Crippen LogP contribution in [0, 0.1) is 5.82 Å². The molecule has 116 valence electrons. The Hall–Kier alpha value is -2.95. The molecule has 1 heterocycles. The van der Waals surface area contributed by atoms with Crippen molar-refractivity contribution >= 4 is 12.1 Å². The van der Waals surface area contributed by atoms with Gasteiger partial charge >= 0.3 is 0 Å². The highest BCUT2D eigenvalue weighted by molar-refractivity contribution is 5.76. The lowest BCUT2D eigenvalue weighted by Gasteiger charge is -2.04. The van der Waals surface area contributed by atoms with Crippen LogP contribution in [0.3, 0.4) is 0 Å². The van der Waals surface area contributed by atoms with Crippen molar-refractivity contribution in [2.45, 2.75) is 6.42 Å². The molecule has 5 heteroatoms. The van der Waals surface area contributed by atoms with Crippen LogP contribution in [0.15, 0.2) is 54.6 Å². The molecule has 0 fully saturated rings. The molecular weight excluding hydrogens is 293 g/mol. The van der Waals surface area contributed by atoms with Crippen molar-refractivity contribution in [3.05, 3.63) is 60.4 Å². The lowest BCUT2D eigenvalue weighted by molar-refractivity contribution is -0.107. The zero-order chi connectivity index (χ0) is 16.1. The standard InChI is InChI=1S/C18H16FN3O/c19-15-9-7-14(8-10-15)17-21-16(13-5-2-1-3-6-13)18(22-17)20-11-4-12-23/h1-3,5-10,12,20H,4,11H2,(H,21,22). The van der Waals surface area contributed by atoms with Crippen LogP contribution in [-0.4, -0.2) is 22.8 Å². The average molecular weight is 309 g/mol. The number of imidazole rings is 1. The highest BCUT2D eigenvalue weighted by atomic mass is 19.1. The van der Waals surface area contributed by atoms with E-state index in [4.69, 9.17) is 0 Å². The van der Waals surface area contributed by atoms with Crippen molar-refractivity contribution in [3.63, 3.8) is 0 Å². The van der Waals surface area contributed by atoms with E-state index < -0.39 is 0 Å². The molecule has 2 N–H and O–H groups in total. The fraction of sp³-hybridized carbons (Fsp3) is 0.111. The van der Waals surface area contributed by atoms with Gasteiger partial charge in [-0.2, -0.15) is 0 Å². The third kappa shape index (κ3) is 3.45. The molecule has 0 amide bonds. The highest BCUT2D eigenvalue weighted by Gasteiger charge is 2.13. The number of aromatic nitrogens is 2. The molecule has 0 aliphatic rings. The van der Waals surface area contributed by atoms with Crippen LogP contribution >= 0.6 is 0 Å². The molecule has 1 aromatic heterocycles. The number of benzene rings is 2. The number of carbonyl (C=O) groups is 1. The van der Waals surface area contributed by atoms with Crippen molar-refractivity contribution in [2.24, 2.45) is 0 Å². The molecule has 0 spiro atoms. The maximum absolute atomic E-state index is 13.1. The van der Waals surface area contributed by atoms with E-state index in [1.165, 1.54) is 12.1 Å². The second kappa shape index (κ2) is 6.87. The SMILES string of the molecule is O=CCCNc1nc(-c2ccc(F)cc2)[nH]c1-c1ccccc1. The second-order valence-corrected chi connectivity index (χ2v) is 5.06. The van der Waals surface area contributed by atoms with Crippen LogP contribution in [0.4, 0.5) is 10.2 Å². The number of hydrogen-bond acceptors (Lipinski definition) is 3. The lowest BCUT2D eigenvalue weighted by atomic mass is 10.1. The van der Waals surface area contributed by atoms with Crippen molar-refractivity contribution in [3.8, 4) is 22.6 Å². The number of H-pyrrole nitrogens is 1. The van der Waals surface area contributed by atoms with E-state index in [1.54, 1.807) is 12.1 Å². The minimum atomic E-state index is -0.284. The van der Waals surface area contributed by atoms with Gasteiger partial charge in [-0.25, -0.2) is 9.37 Å². The number of hydrogen-bond donors (Lipinski definition) is 2. The maximum atomic E-state index is 13.1. The number of aldehydes is 1. The summed E-state index contributed by atoms with van der Waals surface area (Å²) in [6.07, 6.45) is 1.27. The van der Waals surface area contributed by atoms with Crippen LogP contribution in [-0.2, 0) is 4.79 Å². The summed E-state index contributed by atoms with van der Waals surface area (Å²) in [6, 6.07) is 16.0. The summed E-state index contributed by atoms with van der Waals surface area (Å²) < 4.78 is 13.1. The van der Waals surface area contributed by atoms with Gasteiger partial charge in [0.05, 0.1) is 5.69 Å². The number of halogens is 1. The van der Waals surface area contributed by atoms with Crippen LogP contribution < -0.4 is 5.32 Å². The molecule has 3 aromatic rings. The first-order chi connectivity index (χ1) is 11.3. The molecule has 0 radical (unpaired) electrons. The Bertz CT molecular complexity index is 782. The molecular formula is C18H16FN3O. The molecule has 4 nitrogen and oxygen atoms in total. The summed E-state index contributed by atoms with van der Waals surface area (Å²) >= 11 is 0. The van der Waals surface area contributed by atoms with E-state index in [0.717, 1.165) is 23.1 Å². The second-order valence-electron chi connectivity index (χ2n) is 5.06. The van der Waals surface area contributed by atoms with Gasteiger partial charge in [-0.05, 0) is 24.3 Å². The van der Waals surface area contributed by atoms with Crippen LogP contribution in [0.25, 0.3) is 22.6 Å². The van der Waals surface area contributed by atoms with Crippen molar-refractivity contribution < 1.29 is 9.18 Å². The predicted molar refractivity (Wildman–Crippen MR) is 88.6 cm³/mol. The largest absolute Gasteiger partial charge is 0.368 e. The third-order valence-corrected chi connectivity index (χ3v) is 3.44. The Labute approximate surface area is 133 Å². The summed E-state index contributed by atoms with van der Waals surface area (Å²) in [6.45, 7) is 0.511. The Morgan fingerprint density at radius 2 is 1.78 bits per heavy atom. The lowest BCUT2D eigenvalue weighted by Crippen LogP contribution is -2.03. The average Bonchev–Trinajstić information content (AvgIpc) is 3.01. The van der Waals surface area contributed by atoms with Crippen LogP contribution in [0.1, 0.15) is 6.42 Å². The third-order valence-electron chi connectivity index (χ3n) is 3.44. The molecule has 0 unspecified atom stereocenters. The van der Waals surface area contributed by atoms with Gasteiger partial charge in [0.2, 0.25) is 0 Å². The molecule has 3 rings (SSSR count). The Kier molecular flexibility index (Phi) is 4.47. The number of carbonyl (C=O) groups excluding carboxylic acids is 1. The minimum Gasteiger partial charge on any atom is -0.368 e. The van der Waals surface area contributed by atoms with Gasteiger partial charge in [0.1, 0.15) is 17.9 Å². The number of nitrogens with one attached hydrogen (secondary N) is 2. The zero-order valence-corrected chi connectivity index (χ0v) is 12.4. The predicted octanol–water partition coefficient (Wildman–Crippen LogP) is 3.88. The van der Waals surface area contributed by atoms with Gasteiger partial charge in [-0.3, -0.25) is 0 Å². The topological polar surface area (TPSA) is 57.8 Å². The van der Waals surface area contributed by atoms with Gasteiger partial charge in [0, 0.05) is 24.1 Å². The van der Waals surface area contributed by atoms with E-state index >= 15 is 0 Å². The van der Waals surface area contributed by atoms with E-state index in [-0.39, 0.29) is 5.82 Å². The Morgan fingerprint density at radius 1 is 1.04 bits per heavy atom. The quantitative estimate of drug-likeness (QED) is 0.536. The van der Waals surface area contributed by atoms with E-state index in [0.29, 0.717) is 24.6 Å². The van der Waals surface area contributed by atoms with E-state index in [2.05, 4.69) is 15.3 Å².